The van der Waals surface area contributed by atoms with E-state index in [0.29, 0.717) is 19.6 Å². The highest BCUT2D eigenvalue weighted by Crippen LogP contribution is 2.31. The van der Waals surface area contributed by atoms with Crippen LogP contribution in [0.15, 0.2) is 24.3 Å². The molecular formula is C13H18N2O2. The van der Waals surface area contributed by atoms with Crippen molar-refractivity contribution >= 4 is 11.6 Å². The van der Waals surface area contributed by atoms with Gasteiger partial charge in [0.2, 0.25) is 5.91 Å². The molecule has 0 saturated carbocycles. The van der Waals surface area contributed by atoms with Gasteiger partial charge in [0, 0.05) is 6.42 Å². The van der Waals surface area contributed by atoms with Crippen molar-refractivity contribution in [3.05, 3.63) is 24.3 Å². The van der Waals surface area contributed by atoms with Crippen molar-refractivity contribution in [2.24, 2.45) is 0 Å². The van der Waals surface area contributed by atoms with E-state index in [0.717, 1.165) is 24.4 Å². The Morgan fingerprint density at radius 1 is 1.47 bits per heavy atom. The van der Waals surface area contributed by atoms with Crippen LogP contribution < -0.4 is 15.0 Å². The molecule has 1 aromatic rings. The minimum Gasteiger partial charge on any atom is -0.490 e. The summed E-state index contributed by atoms with van der Waals surface area (Å²) in [6.45, 7) is 2.10. The molecule has 0 saturated heterocycles. The fourth-order valence-corrected chi connectivity index (χ4v) is 1.98. The van der Waals surface area contributed by atoms with Crippen LogP contribution >= 0.6 is 0 Å². The summed E-state index contributed by atoms with van der Waals surface area (Å²) in [5.41, 5.74) is 0.896. The van der Waals surface area contributed by atoms with E-state index in [-0.39, 0.29) is 5.91 Å². The summed E-state index contributed by atoms with van der Waals surface area (Å²) in [4.78, 5) is 13.9. The number of nitrogens with zero attached hydrogens (tertiary/aromatic N) is 1. The molecule has 4 nitrogen and oxygen atoms in total. The van der Waals surface area contributed by atoms with Crippen LogP contribution in [0.2, 0.25) is 0 Å². The molecule has 92 valence electrons. The molecule has 1 N–H and O–H groups in total. The van der Waals surface area contributed by atoms with Gasteiger partial charge in [0.05, 0.1) is 12.2 Å². The average molecular weight is 234 g/mol. The van der Waals surface area contributed by atoms with E-state index in [4.69, 9.17) is 4.74 Å². The predicted octanol–water partition coefficient (Wildman–Crippen LogP) is 1.41. The number of benzene rings is 1. The number of hydrogen-bond donors (Lipinski definition) is 1. The molecule has 1 aliphatic rings. The summed E-state index contributed by atoms with van der Waals surface area (Å²) >= 11 is 0. The van der Waals surface area contributed by atoms with Crippen molar-refractivity contribution in [1.29, 1.82) is 0 Å². The van der Waals surface area contributed by atoms with Crippen molar-refractivity contribution in [2.45, 2.75) is 12.8 Å². The first kappa shape index (κ1) is 11.9. The van der Waals surface area contributed by atoms with Gasteiger partial charge in [-0.3, -0.25) is 4.79 Å². The molecule has 0 bridgehead atoms. The largest absolute Gasteiger partial charge is 0.490 e. The van der Waals surface area contributed by atoms with Gasteiger partial charge in [-0.1, -0.05) is 12.1 Å². The molecule has 0 aliphatic carbocycles. The van der Waals surface area contributed by atoms with E-state index in [9.17, 15) is 4.79 Å². The van der Waals surface area contributed by atoms with Gasteiger partial charge >= 0.3 is 0 Å². The normalized spacial score (nSPS) is 14.1. The maximum absolute atomic E-state index is 12.1. The van der Waals surface area contributed by atoms with Gasteiger partial charge in [0.1, 0.15) is 12.4 Å². The summed E-state index contributed by atoms with van der Waals surface area (Å²) in [5, 5.41) is 3.05. The highest BCUT2D eigenvalue weighted by atomic mass is 16.5. The van der Waals surface area contributed by atoms with Gasteiger partial charge in [0.15, 0.2) is 0 Å². The van der Waals surface area contributed by atoms with Crippen molar-refractivity contribution in [2.75, 3.05) is 31.6 Å². The van der Waals surface area contributed by atoms with Crippen LogP contribution in [0.25, 0.3) is 0 Å². The van der Waals surface area contributed by atoms with Crippen LogP contribution in [0, 0.1) is 0 Å². The van der Waals surface area contributed by atoms with Crippen LogP contribution in [0.1, 0.15) is 12.8 Å². The lowest BCUT2D eigenvalue weighted by molar-refractivity contribution is -0.118. The fourth-order valence-electron chi connectivity index (χ4n) is 1.98. The lowest BCUT2D eigenvalue weighted by atomic mass is 10.2. The van der Waals surface area contributed by atoms with Gasteiger partial charge < -0.3 is 15.0 Å². The van der Waals surface area contributed by atoms with Crippen molar-refractivity contribution < 1.29 is 9.53 Å². The number of fused-ring (bicyclic) bond motifs is 1. The number of rotatable bonds is 4. The summed E-state index contributed by atoms with van der Waals surface area (Å²) in [6, 6.07) is 7.70. The average Bonchev–Trinajstić information content (AvgIpc) is 2.38. The molecule has 0 fully saturated rings. The Labute approximate surface area is 102 Å². The SMILES string of the molecule is CNCCCC(=O)N1CCOc2ccccc21. The molecule has 1 aromatic carbocycles. The number of hydrogen-bond acceptors (Lipinski definition) is 3. The molecule has 1 aliphatic heterocycles. The highest BCUT2D eigenvalue weighted by Gasteiger charge is 2.22. The van der Waals surface area contributed by atoms with Crippen molar-refractivity contribution in [3.63, 3.8) is 0 Å². The second-order valence-corrected chi connectivity index (χ2v) is 4.07. The maximum Gasteiger partial charge on any atom is 0.227 e. The second-order valence-electron chi connectivity index (χ2n) is 4.07. The molecular weight excluding hydrogens is 216 g/mol. The number of ether oxygens (including phenoxy) is 1. The second kappa shape index (κ2) is 5.68. The predicted molar refractivity (Wildman–Crippen MR) is 67.5 cm³/mol. The minimum absolute atomic E-state index is 0.177. The lowest BCUT2D eigenvalue weighted by Crippen LogP contribution is -2.38. The molecule has 1 heterocycles. The molecule has 1 amide bonds. The van der Waals surface area contributed by atoms with E-state index in [1.807, 2.05) is 36.2 Å². The van der Waals surface area contributed by atoms with E-state index < -0.39 is 0 Å². The maximum atomic E-state index is 12.1. The Bertz CT molecular complexity index is 393. The number of carbonyl (C=O) groups is 1. The number of amides is 1. The smallest absolute Gasteiger partial charge is 0.227 e. The quantitative estimate of drug-likeness (QED) is 0.801. The minimum atomic E-state index is 0.177. The molecule has 0 radical (unpaired) electrons. The number of para-hydroxylation sites is 2. The Kier molecular flexibility index (Phi) is 3.98. The third-order valence-electron chi connectivity index (χ3n) is 2.85. The van der Waals surface area contributed by atoms with Gasteiger partial charge in [-0.2, -0.15) is 0 Å². The summed E-state index contributed by atoms with van der Waals surface area (Å²) in [6.07, 6.45) is 1.45. The Balaban J connectivity index is 2.05. The topological polar surface area (TPSA) is 41.6 Å². The van der Waals surface area contributed by atoms with Crippen LogP contribution in [-0.4, -0.2) is 32.7 Å². The lowest BCUT2D eigenvalue weighted by Gasteiger charge is -2.29. The van der Waals surface area contributed by atoms with Gasteiger partial charge in [0.25, 0.3) is 0 Å². The van der Waals surface area contributed by atoms with Gasteiger partial charge in [-0.15, -0.1) is 0 Å². The summed E-state index contributed by atoms with van der Waals surface area (Å²) in [7, 11) is 1.90. The van der Waals surface area contributed by atoms with E-state index in [1.165, 1.54) is 0 Å². The highest BCUT2D eigenvalue weighted by molar-refractivity contribution is 5.95. The summed E-state index contributed by atoms with van der Waals surface area (Å²) < 4.78 is 5.52. The zero-order valence-electron chi connectivity index (χ0n) is 10.1. The zero-order chi connectivity index (χ0) is 12.1. The number of anilines is 1. The first-order valence-corrected chi connectivity index (χ1v) is 5.99. The fraction of sp³-hybridized carbons (Fsp3) is 0.462. The zero-order valence-corrected chi connectivity index (χ0v) is 10.1. The standard InChI is InChI=1S/C13H18N2O2/c1-14-8-4-7-13(16)15-9-10-17-12-6-3-2-5-11(12)15/h2-3,5-6,14H,4,7-10H2,1H3. The molecule has 4 heteroatoms. The molecule has 2 rings (SSSR count). The molecule has 0 unspecified atom stereocenters. The first-order chi connectivity index (χ1) is 8.33. The number of nitrogens with one attached hydrogen (secondary N) is 1. The third kappa shape index (κ3) is 2.77. The molecule has 17 heavy (non-hydrogen) atoms. The van der Waals surface area contributed by atoms with Crippen molar-refractivity contribution in [3.8, 4) is 5.75 Å². The summed E-state index contributed by atoms with van der Waals surface area (Å²) in [5.74, 6) is 0.983. The van der Waals surface area contributed by atoms with Crippen LogP contribution in [0.4, 0.5) is 5.69 Å². The van der Waals surface area contributed by atoms with E-state index in [1.54, 1.807) is 0 Å². The van der Waals surface area contributed by atoms with Crippen molar-refractivity contribution in [1.82, 2.24) is 5.32 Å². The molecule has 0 spiro atoms. The third-order valence-corrected chi connectivity index (χ3v) is 2.85. The Morgan fingerprint density at radius 2 is 2.29 bits per heavy atom. The van der Waals surface area contributed by atoms with Gasteiger partial charge in [-0.25, -0.2) is 0 Å². The van der Waals surface area contributed by atoms with Crippen LogP contribution in [-0.2, 0) is 4.79 Å². The van der Waals surface area contributed by atoms with E-state index >= 15 is 0 Å². The first-order valence-electron chi connectivity index (χ1n) is 5.99. The Hall–Kier alpha value is -1.55. The molecule has 0 atom stereocenters. The van der Waals surface area contributed by atoms with E-state index in [2.05, 4.69) is 5.32 Å². The number of carbonyl (C=O) groups excluding carboxylic acids is 1. The molecule has 0 aromatic heterocycles. The van der Waals surface area contributed by atoms with Crippen LogP contribution in [0.3, 0.4) is 0 Å². The van der Waals surface area contributed by atoms with Gasteiger partial charge in [-0.05, 0) is 32.1 Å². The van der Waals surface area contributed by atoms with Crippen LogP contribution in [0.5, 0.6) is 5.75 Å². The monoisotopic (exact) mass is 234 g/mol. The Morgan fingerprint density at radius 3 is 3.12 bits per heavy atom.